The SMILES string of the molecule is CN(CC1(O)CCOCC1)C(=O)CC(N)C(C)(C)C. The molecule has 1 rings (SSSR count). The first-order valence-electron chi connectivity index (χ1n) is 6.94. The van der Waals surface area contributed by atoms with Gasteiger partial charge >= 0.3 is 0 Å². The summed E-state index contributed by atoms with van der Waals surface area (Å²) in [7, 11) is 1.73. The molecule has 112 valence electrons. The Bertz CT molecular complexity index is 306. The molecule has 1 amide bonds. The summed E-state index contributed by atoms with van der Waals surface area (Å²) in [4.78, 5) is 13.7. The van der Waals surface area contributed by atoms with Gasteiger partial charge in [0.1, 0.15) is 0 Å². The highest BCUT2D eigenvalue weighted by molar-refractivity contribution is 5.76. The summed E-state index contributed by atoms with van der Waals surface area (Å²) in [6.07, 6.45) is 1.47. The lowest BCUT2D eigenvalue weighted by atomic mass is 9.85. The van der Waals surface area contributed by atoms with E-state index >= 15 is 0 Å². The number of likely N-dealkylation sites (N-methyl/N-ethyl adjacent to an activating group) is 1. The second-order valence-corrected chi connectivity index (χ2v) is 6.76. The zero-order valence-electron chi connectivity index (χ0n) is 12.6. The predicted octanol–water partition coefficient (Wildman–Crippen LogP) is 0.750. The Morgan fingerprint density at radius 1 is 1.42 bits per heavy atom. The average Bonchev–Trinajstić information content (AvgIpc) is 2.27. The second kappa shape index (κ2) is 6.20. The van der Waals surface area contributed by atoms with Crippen molar-refractivity contribution in [2.24, 2.45) is 11.1 Å². The lowest BCUT2D eigenvalue weighted by Crippen LogP contribution is -2.49. The van der Waals surface area contributed by atoms with Crippen LogP contribution in [0.4, 0.5) is 0 Å². The van der Waals surface area contributed by atoms with E-state index in [0.717, 1.165) is 0 Å². The third kappa shape index (κ3) is 5.09. The molecule has 19 heavy (non-hydrogen) atoms. The Kier molecular flexibility index (Phi) is 5.35. The van der Waals surface area contributed by atoms with Crippen LogP contribution in [-0.2, 0) is 9.53 Å². The molecule has 0 aromatic heterocycles. The van der Waals surface area contributed by atoms with Gasteiger partial charge in [0.15, 0.2) is 0 Å². The standard InChI is InChI=1S/C14H28N2O3/c1-13(2,3)11(15)9-12(17)16(4)10-14(18)5-7-19-8-6-14/h11,18H,5-10,15H2,1-4H3. The largest absolute Gasteiger partial charge is 0.388 e. The van der Waals surface area contributed by atoms with E-state index in [1.54, 1.807) is 11.9 Å². The zero-order valence-corrected chi connectivity index (χ0v) is 12.6. The van der Waals surface area contributed by atoms with Crippen LogP contribution < -0.4 is 5.73 Å². The number of ether oxygens (including phenoxy) is 1. The summed E-state index contributed by atoms with van der Waals surface area (Å²) in [5, 5.41) is 10.4. The summed E-state index contributed by atoms with van der Waals surface area (Å²) in [6, 6.07) is -0.174. The van der Waals surface area contributed by atoms with Gasteiger partial charge in [0.25, 0.3) is 0 Å². The summed E-state index contributed by atoms with van der Waals surface area (Å²) < 4.78 is 5.23. The van der Waals surface area contributed by atoms with Crippen LogP contribution in [-0.4, -0.2) is 54.4 Å². The van der Waals surface area contributed by atoms with E-state index in [2.05, 4.69) is 0 Å². The van der Waals surface area contributed by atoms with Gasteiger partial charge in [-0.2, -0.15) is 0 Å². The summed E-state index contributed by atoms with van der Waals surface area (Å²) >= 11 is 0. The summed E-state index contributed by atoms with van der Waals surface area (Å²) in [6.45, 7) is 7.54. The van der Waals surface area contributed by atoms with Gasteiger partial charge < -0.3 is 20.5 Å². The van der Waals surface area contributed by atoms with E-state index in [9.17, 15) is 9.90 Å². The lowest BCUT2D eigenvalue weighted by molar-refractivity contribution is -0.137. The molecule has 0 aliphatic carbocycles. The highest BCUT2D eigenvalue weighted by Gasteiger charge is 2.33. The Morgan fingerprint density at radius 2 is 1.95 bits per heavy atom. The van der Waals surface area contributed by atoms with Crippen LogP contribution in [0.3, 0.4) is 0 Å². The minimum atomic E-state index is -0.811. The zero-order chi connectivity index (χ0) is 14.7. The minimum Gasteiger partial charge on any atom is -0.388 e. The third-order valence-electron chi connectivity index (χ3n) is 3.89. The molecule has 1 aliphatic heterocycles. The molecule has 1 fully saturated rings. The van der Waals surface area contributed by atoms with Gasteiger partial charge in [0, 0.05) is 52.1 Å². The Balaban J connectivity index is 2.48. The van der Waals surface area contributed by atoms with Gasteiger partial charge in [-0.15, -0.1) is 0 Å². The van der Waals surface area contributed by atoms with Crippen molar-refractivity contribution in [2.75, 3.05) is 26.8 Å². The van der Waals surface area contributed by atoms with Crippen LogP contribution in [0, 0.1) is 5.41 Å². The molecule has 5 heteroatoms. The molecule has 0 aromatic carbocycles. The van der Waals surface area contributed by atoms with Gasteiger partial charge in [-0.25, -0.2) is 0 Å². The molecule has 5 nitrogen and oxygen atoms in total. The first-order valence-corrected chi connectivity index (χ1v) is 6.94. The van der Waals surface area contributed by atoms with Crippen LogP contribution in [0.1, 0.15) is 40.0 Å². The van der Waals surface area contributed by atoms with Crippen LogP contribution in [0.15, 0.2) is 0 Å². The summed E-state index contributed by atoms with van der Waals surface area (Å²) in [5.74, 6) is -0.0117. The second-order valence-electron chi connectivity index (χ2n) is 6.76. The number of nitrogens with zero attached hydrogens (tertiary/aromatic N) is 1. The predicted molar refractivity (Wildman–Crippen MR) is 74.7 cm³/mol. The number of nitrogens with two attached hydrogens (primary N) is 1. The number of amides is 1. The third-order valence-corrected chi connectivity index (χ3v) is 3.89. The van der Waals surface area contributed by atoms with Gasteiger partial charge in [-0.3, -0.25) is 4.79 Å². The number of carbonyl (C=O) groups excluding carboxylic acids is 1. The molecule has 1 aliphatic rings. The van der Waals surface area contributed by atoms with Gasteiger partial charge in [0.05, 0.1) is 5.60 Å². The molecule has 0 bridgehead atoms. The number of hydrogen-bond acceptors (Lipinski definition) is 4. The number of carbonyl (C=O) groups is 1. The van der Waals surface area contributed by atoms with Crippen LogP contribution in [0.2, 0.25) is 0 Å². The number of hydrogen-bond donors (Lipinski definition) is 2. The maximum atomic E-state index is 12.1. The van der Waals surface area contributed by atoms with Gasteiger partial charge in [-0.1, -0.05) is 20.8 Å². The van der Waals surface area contributed by atoms with E-state index in [1.165, 1.54) is 0 Å². The molecule has 0 saturated carbocycles. The molecule has 1 heterocycles. The van der Waals surface area contributed by atoms with Gasteiger partial charge in [-0.05, 0) is 5.41 Å². The van der Waals surface area contributed by atoms with Crippen LogP contribution >= 0.6 is 0 Å². The molecule has 0 radical (unpaired) electrons. The Hall–Kier alpha value is -0.650. The highest BCUT2D eigenvalue weighted by atomic mass is 16.5. The first-order chi connectivity index (χ1) is 8.64. The molecular formula is C14H28N2O3. The molecular weight excluding hydrogens is 244 g/mol. The smallest absolute Gasteiger partial charge is 0.223 e. The van der Waals surface area contributed by atoms with Crippen molar-refractivity contribution in [3.05, 3.63) is 0 Å². The molecule has 0 aromatic rings. The van der Waals surface area contributed by atoms with Crippen LogP contribution in [0.5, 0.6) is 0 Å². The van der Waals surface area contributed by atoms with Crippen molar-refractivity contribution in [1.82, 2.24) is 4.90 Å². The van der Waals surface area contributed by atoms with E-state index < -0.39 is 5.60 Å². The fourth-order valence-corrected chi connectivity index (χ4v) is 2.09. The lowest BCUT2D eigenvalue weighted by Gasteiger charge is -2.36. The van der Waals surface area contributed by atoms with Crippen molar-refractivity contribution in [1.29, 1.82) is 0 Å². The quantitative estimate of drug-likeness (QED) is 0.792. The Morgan fingerprint density at radius 3 is 2.42 bits per heavy atom. The normalized spacial score (nSPS) is 20.9. The number of aliphatic hydroxyl groups is 1. The monoisotopic (exact) mass is 272 g/mol. The van der Waals surface area contributed by atoms with Crippen molar-refractivity contribution in [2.45, 2.75) is 51.7 Å². The highest BCUT2D eigenvalue weighted by Crippen LogP contribution is 2.23. The average molecular weight is 272 g/mol. The minimum absolute atomic E-state index is 0.0117. The maximum absolute atomic E-state index is 12.1. The van der Waals surface area contributed by atoms with Gasteiger partial charge in [0.2, 0.25) is 5.91 Å². The molecule has 0 spiro atoms. The topological polar surface area (TPSA) is 75.8 Å². The van der Waals surface area contributed by atoms with Crippen molar-refractivity contribution >= 4 is 5.91 Å². The molecule has 1 unspecified atom stereocenters. The fourth-order valence-electron chi connectivity index (χ4n) is 2.09. The summed E-state index contributed by atoms with van der Waals surface area (Å²) in [5.41, 5.74) is 5.12. The van der Waals surface area contributed by atoms with Crippen molar-refractivity contribution in [3.63, 3.8) is 0 Å². The van der Waals surface area contributed by atoms with E-state index in [-0.39, 0.29) is 17.4 Å². The van der Waals surface area contributed by atoms with Crippen molar-refractivity contribution in [3.8, 4) is 0 Å². The van der Waals surface area contributed by atoms with E-state index in [0.29, 0.717) is 39.0 Å². The van der Waals surface area contributed by atoms with E-state index in [4.69, 9.17) is 10.5 Å². The molecule has 1 saturated heterocycles. The Labute approximate surface area is 116 Å². The molecule has 3 N–H and O–H groups in total. The van der Waals surface area contributed by atoms with Crippen LogP contribution in [0.25, 0.3) is 0 Å². The fraction of sp³-hybridized carbons (Fsp3) is 0.929. The van der Waals surface area contributed by atoms with Crippen molar-refractivity contribution < 1.29 is 14.6 Å². The first kappa shape index (κ1) is 16.4. The number of rotatable bonds is 4. The maximum Gasteiger partial charge on any atom is 0.223 e. The molecule has 1 atom stereocenters. The van der Waals surface area contributed by atoms with E-state index in [1.807, 2.05) is 20.8 Å².